The summed E-state index contributed by atoms with van der Waals surface area (Å²) in [4.78, 5) is 11.8. The summed E-state index contributed by atoms with van der Waals surface area (Å²) in [5.41, 5.74) is 0.920. The Bertz CT molecular complexity index is 807. The lowest BCUT2D eigenvalue weighted by atomic mass is 10.3. The van der Waals surface area contributed by atoms with E-state index < -0.39 is 15.8 Å². The second-order valence-electron chi connectivity index (χ2n) is 5.03. The van der Waals surface area contributed by atoms with Gasteiger partial charge in [-0.15, -0.1) is 0 Å². The third-order valence-corrected chi connectivity index (χ3v) is 3.50. The second-order valence-corrected chi connectivity index (χ2v) is 6.78. The number of hydrogen-bond acceptors (Lipinski definition) is 4. The van der Waals surface area contributed by atoms with Crippen LogP contribution in [0.4, 0.5) is 15.8 Å². The van der Waals surface area contributed by atoms with Crippen molar-refractivity contribution in [3.63, 3.8) is 0 Å². The van der Waals surface area contributed by atoms with E-state index in [4.69, 9.17) is 4.74 Å². The highest BCUT2D eigenvalue weighted by Gasteiger charge is 2.06. The second kappa shape index (κ2) is 7.78. The van der Waals surface area contributed by atoms with Crippen LogP contribution >= 0.6 is 0 Å². The van der Waals surface area contributed by atoms with Crippen molar-refractivity contribution < 1.29 is 22.3 Å². The predicted molar refractivity (Wildman–Crippen MR) is 90.1 cm³/mol. The van der Waals surface area contributed by atoms with E-state index in [1.54, 1.807) is 24.3 Å². The summed E-state index contributed by atoms with van der Waals surface area (Å²) in [5, 5.41) is 2.64. The van der Waals surface area contributed by atoms with Gasteiger partial charge in [-0.05, 0) is 36.4 Å². The Kier molecular flexibility index (Phi) is 5.75. The first-order chi connectivity index (χ1) is 11.3. The van der Waals surface area contributed by atoms with E-state index in [2.05, 4.69) is 10.0 Å². The van der Waals surface area contributed by atoms with Crippen LogP contribution in [0, 0.1) is 5.82 Å². The van der Waals surface area contributed by atoms with Crippen molar-refractivity contribution in [2.45, 2.75) is 6.42 Å². The maximum Gasteiger partial charge on any atom is 0.229 e. The molecule has 2 N–H and O–H groups in total. The van der Waals surface area contributed by atoms with E-state index in [9.17, 15) is 17.6 Å². The zero-order valence-electron chi connectivity index (χ0n) is 13.0. The molecule has 1 amide bonds. The van der Waals surface area contributed by atoms with Crippen molar-refractivity contribution in [2.75, 3.05) is 22.9 Å². The summed E-state index contributed by atoms with van der Waals surface area (Å²) < 4.78 is 43.1. The number of amides is 1. The first-order valence-electron chi connectivity index (χ1n) is 7.08. The van der Waals surface area contributed by atoms with Gasteiger partial charge in [-0.2, -0.15) is 0 Å². The summed E-state index contributed by atoms with van der Waals surface area (Å²) >= 11 is 0. The van der Waals surface area contributed by atoms with Gasteiger partial charge in [-0.25, -0.2) is 12.8 Å². The molecule has 0 unspecified atom stereocenters. The fourth-order valence-electron chi connectivity index (χ4n) is 1.87. The molecule has 0 aliphatic rings. The SMILES string of the molecule is CS(=O)(=O)Nc1ccc(NC(=O)CCOc2ccccc2F)cc1. The Hall–Kier alpha value is -2.61. The topological polar surface area (TPSA) is 84.5 Å². The first-order valence-corrected chi connectivity index (χ1v) is 8.98. The van der Waals surface area contributed by atoms with E-state index in [1.807, 2.05) is 0 Å². The first kappa shape index (κ1) is 17.7. The molecule has 6 nitrogen and oxygen atoms in total. The summed E-state index contributed by atoms with van der Waals surface area (Å²) in [6.45, 7) is 0.0421. The third-order valence-electron chi connectivity index (χ3n) is 2.90. The van der Waals surface area contributed by atoms with Crippen molar-refractivity contribution in [2.24, 2.45) is 0 Å². The molecule has 0 spiro atoms. The van der Waals surface area contributed by atoms with Gasteiger partial charge in [0, 0.05) is 11.4 Å². The van der Waals surface area contributed by atoms with Crippen molar-refractivity contribution >= 4 is 27.3 Å². The van der Waals surface area contributed by atoms with Gasteiger partial charge in [-0.1, -0.05) is 12.1 Å². The van der Waals surface area contributed by atoms with Gasteiger partial charge in [-0.3, -0.25) is 9.52 Å². The number of carbonyl (C=O) groups excluding carboxylic acids is 1. The van der Waals surface area contributed by atoms with Crippen molar-refractivity contribution in [3.8, 4) is 5.75 Å². The third kappa shape index (κ3) is 5.88. The van der Waals surface area contributed by atoms with Gasteiger partial charge in [0.25, 0.3) is 0 Å². The molecule has 0 radical (unpaired) electrons. The molecule has 8 heteroatoms. The van der Waals surface area contributed by atoms with Gasteiger partial charge in [0.1, 0.15) is 0 Å². The molecule has 128 valence electrons. The number of para-hydroxylation sites is 1. The Morgan fingerprint density at radius 3 is 2.33 bits per heavy atom. The Morgan fingerprint density at radius 1 is 1.08 bits per heavy atom. The largest absolute Gasteiger partial charge is 0.490 e. The number of anilines is 2. The number of ether oxygens (including phenoxy) is 1. The van der Waals surface area contributed by atoms with Crippen molar-refractivity contribution in [3.05, 3.63) is 54.3 Å². The Morgan fingerprint density at radius 2 is 1.71 bits per heavy atom. The van der Waals surface area contributed by atoms with Crippen LogP contribution in [0.15, 0.2) is 48.5 Å². The van der Waals surface area contributed by atoms with Crippen molar-refractivity contribution in [1.29, 1.82) is 0 Å². The molecule has 0 atom stereocenters. The zero-order valence-corrected chi connectivity index (χ0v) is 13.8. The van der Waals surface area contributed by atoms with Crippen LogP contribution in [-0.4, -0.2) is 27.2 Å². The number of nitrogens with one attached hydrogen (secondary N) is 2. The van der Waals surface area contributed by atoms with Crippen LogP contribution in [0.5, 0.6) is 5.75 Å². The lowest BCUT2D eigenvalue weighted by Crippen LogP contribution is -2.15. The highest BCUT2D eigenvalue weighted by molar-refractivity contribution is 7.92. The molecule has 0 aliphatic carbocycles. The summed E-state index contributed by atoms with van der Waals surface area (Å²) in [5.74, 6) is -0.677. The molecular weight excluding hydrogens is 335 g/mol. The molecule has 0 aliphatic heterocycles. The van der Waals surface area contributed by atoms with Crippen LogP contribution in [0.2, 0.25) is 0 Å². The fraction of sp³-hybridized carbons (Fsp3) is 0.188. The Labute approximate surface area is 139 Å². The molecule has 0 fully saturated rings. The van der Waals surface area contributed by atoms with E-state index in [-0.39, 0.29) is 24.7 Å². The number of carbonyl (C=O) groups is 1. The van der Waals surface area contributed by atoms with Gasteiger partial charge in [0.05, 0.1) is 19.3 Å². The summed E-state index contributed by atoms with van der Waals surface area (Å²) in [7, 11) is -3.34. The highest BCUT2D eigenvalue weighted by Crippen LogP contribution is 2.16. The average Bonchev–Trinajstić information content (AvgIpc) is 2.50. The van der Waals surface area contributed by atoms with Gasteiger partial charge >= 0.3 is 0 Å². The van der Waals surface area contributed by atoms with Crippen LogP contribution < -0.4 is 14.8 Å². The number of sulfonamides is 1. The monoisotopic (exact) mass is 352 g/mol. The maximum atomic E-state index is 13.3. The molecule has 24 heavy (non-hydrogen) atoms. The molecule has 0 saturated heterocycles. The van der Waals surface area contributed by atoms with E-state index in [0.29, 0.717) is 11.4 Å². The van der Waals surface area contributed by atoms with Crippen molar-refractivity contribution in [1.82, 2.24) is 0 Å². The number of hydrogen-bond donors (Lipinski definition) is 2. The van der Waals surface area contributed by atoms with Gasteiger partial charge in [0.15, 0.2) is 11.6 Å². The predicted octanol–water partition coefficient (Wildman–Crippen LogP) is 2.60. The minimum atomic E-state index is -3.34. The summed E-state index contributed by atoms with van der Waals surface area (Å²) in [6, 6.07) is 12.2. The Balaban J connectivity index is 1.81. The minimum Gasteiger partial charge on any atom is -0.490 e. The average molecular weight is 352 g/mol. The highest BCUT2D eigenvalue weighted by atomic mass is 32.2. The minimum absolute atomic E-state index is 0.0421. The van der Waals surface area contributed by atoms with E-state index >= 15 is 0 Å². The zero-order chi connectivity index (χ0) is 17.6. The summed E-state index contributed by atoms with van der Waals surface area (Å²) in [6.07, 6.45) is 1.11. The number of benzene rings is 2. The standard InChI is InChI=1S/C16H17FN2O4S/c1-24(21,22)19-13-8-6-12(7-9-13)18-16(20)10-11-23-15-5-3-2-4-14(15)17/h2-9,19H,10-11H2,1H3,(H,18,20). The maximum absolute atomic E-state index is 13.3. The number of rotatable bonds is 7. The molecular formula is C16H17FN2O4S. The quantitative estimate of drug-likeness (QED) is 0.802. The molecule has 0 saturated carbocycles. The lowest BCUT2D eigenvalue weighted by Gasteiger charge is -2.09. The van der Waals surface area contributed by atoms with Crippen LogP contribution in [-0.2, 0) is 14.8 Å². The van der Waals surface area contributed by atoms with E-state index in [0.717, 1.165) is 6.26 Å². The smallest absolute Gasteiger partial charge is 0.229 e. The van der Waals surface area contributed by atoms with Crippen LogP contribution in [0.3, 0.4) is 0 Å². The van der Waals surface area contributed by atoms with Gasteiger partial charge in [0.2, 0.25) is 15.9 Å². The molecule has 2 aromatic carbocycles. The van der Waals surface area contributed by atoms with Crippen LogP contribution in [0.1, 0.15) is 6.42 Å². The normalized spacial score (nSPS) is 10.9. The lowest BCUT2D eigenvalue weighted by molar-refractivity contribution is -0.116. The molecule has 2 aromatic rings. The molecule has 0 aromatic heterocycles. The van der Waals surface area contributed by atoms with Gasteiger partial charge < -0.3 is 10.1 Å². The van der Waals surface area contributed by atoms with E-state index in [1.165, 1.54) is 24.3 Å². The fourth-order valence-corrected chi connectivity index (χ4v) is 2.44. The van der Waals surface area contributed by atoms with Crippen LogP contribution in [0.25, 0.3) is 0 Å². The molecule has 0 heterocycles. The number of halogens is 1. The molecule has 2 rings (SSSR count). The molecule has 0 bridgehead atoms.